The topological polar surface area (TPSA) is 48.9 Å². The zero-order valence-electron chi connectivity index (χ0n) is 12.5. The number of thioether (sulfide) groups is 1. The van der Waals surface area contributed by atoms with Crippen LogP contribution in [-0.2, 0) is 12.0 Å². The van der Waals surface area contributed by atoms with Crippen LogP contribution < -0.4 is 0 Å². The Labute approximate surface area is 145 Å². The molecule has 1 heterocycles. The third-order valence-corrected chi connectivity index (χ3v) is 5.24. The third kappa shape index (κ3) is 4.66. The van der Waals surface area contributed by atoms with Crippen LogP contribution in [0.15, 0.2) is 30.6 Å². The van der Waals surface area contributed by atoms with Crippen molar-refractivity contribution in [2.75, 3.05) is 11.5 Å². The molecule has 120 valence electrons. The molecule has 1 aromatic carbocycles. The van der Waals surface area contributed by atoms with Crippen LogP contribution in [0, 0.1) is 0 Å². The summed E-state index contributed by atoms with van der Waals surface area (Å²) in [5.74, 6) is 2.32. The first kappa shape index (κ1) is 17.7. The molecule has 0 radical (unpaired) electrons. The number of nitrogens with zero attached hydrogens (tertiary/aromatic N) is 1. The van der Waals surface area contributed by atoms with Crippen molar-refractivity contribution in [1.82, 2.24) is 9.97 Å². The van der Waals surface area contributed by atoms with E-state index in [1.807, 2.05) is 0 Å². The van der Waals surface area contributed by atoms with Crippen LogP contribution in [0.2, 0.25) is 10.0 Å². The number of H-pyrrole nitrogens is 1. The van der Waals surface area contributed by atoms with Crippen LogP contribution in [0.25, 0.3) is 0 Å². The van der Waals surface area contributed by atoms with Gasteiger partial charge in [0.25, 0.3) is 0 Å². The lowest BCUT2D eigenvalue weighted by Gasteiger charge is -2.29. The van der Waals surface area contributed by atoms with Crippen molar-refractivity contribution in [3.8, 4) is 0 Å². The SMILES string of the molecule is CCCCSC[C@@](O)(Cc1ncc[nH]1)c1ccc(Cl)cc1Cl. The van der Waals surface area contributed by atoms with Gasteiger partial charge in [-0.2, -0.15) is 11.8 Å². The highest BCUT2D eigenvalue weighted by Crippen LogP contribution is 2.35. The summed E-state index contributed by atoms with van der Waals surface area (Å²) >= 11 is 14.0. The molecule has 0 bridgehead atoms. The Balaban J connectivity index is 2.23. The predicted octanol–water partition coefficient (Wildman–Crippen LogP) is 4.68. The maximum absolute atomic E-state index is 11.2. The Hall–Kier alpha value is -0.680. The van der Waals surface area contributed by atoms with Crippen molar-refractivity contribution >= 4 is 35.0 Å². The smallest absolute Gasteiger partial charge is 0.109 e. The van der Waals surface area contributed by atoms with Gasteiger partial charge in [0.2, 0.25) is 0 Å². The molecule has 3 nitrogen and oxygen atoms in total. The number of aromatic nitrogens is 2. The molecule has 1 atom stereocenters. The highest BCUT2D eigenvalue weighted by Gasteiger charge is 2.32. The summed E-state index contributed by atoms with van der Waals surface area (Å²) in [4.78, 5) is 7.27. The van der Waals surface area contributed by atoms with E-state index in [-0.39, 0.29) is 0 Å². The normalized spacial score (nSPS) is 14.0. The molecule has 0 saturated heterocycles. The first-order valence-corrected chi connectivity index (χ1v) is 9.20. The lowest BCUT2D eigenvalue weighted by molar-refractivity contribution is 0.0611. The van der Waals surface area contributed by atoms with Crippen molar-refractivity contribution in [2.45, 2.75) is 31.8 Å². The monoisotopic (exact) mass is 358 g/mol. The molecule has 0 aliphatic heterocycles. The molecule has 0 amide bonds. The van der Waals surface area contributed by atoms with Gasteiger partial charge in [-0.1, -0.05) is 42.6 Å². The van der Waals surface area contributed by atoms with E-state index >= 15 is 0 Å². The fourth-order valence-electron chi connectivity index (χ4n) is 2.25. The second-order valence-electron chi connectivity index (χ2n) is 5.27. The van der Waals surface area contributed by atoms with Crippen LogP contribution in [-0.4, -0.2) is 26.6 Å². The standard InChI is InChI=1S/C16H20Cl2N2OS/c1-2-3-8-22-11-16(21,10-15-19-6-7-20-15)13-5-4-12(17)9-14(13)18/h4-7,9,21H,2-3,8,10-11H2,1H3,(H,19,20)/t16-/m0/s1. The van der Waals surface area contributed by atoms with Gasteiger partial charge in [0.05, 0.1) is 0 Å². The van der Waals surface area contributed by atoms with E-state index in [1.165, 1.54) is 0 Å². The third-order valence-electron chi connectivity index (χ3n) is 3.43. The molecule has 22 heavy (non-hydrogen) atoms. The van der Waals surface area contributed by atoms with E-state index in [2.05, 4.69) is 16.9 Å². The summed E-state index contributed by atoms with van der Waals surface area (Å²) < 4.78 is 0. The van der Waals surface area contributed by atoms with Crippen LogP contribution in [0.1, 0.15) is 31.2 Å². The Morgan fingerprint density at radius 2 is 2.18 bits per heavy atom. The van der Waals surface area contributed by atoms with E-state index in [0.29, 0.717) is 27.8 Å². The fraction of sp³-hybridized carbons (Fsp3) is 0.438. The number of hydrogen-bond acceptors (Lipinski definition) is 3. The van der Waals surface area contributed by atoms with E-state index in [9.17, 15) is 5.11 Å². The average molecular weight is 359 g/mol. The Kier molecular flexibility index (Phi) is 6.63. The summed E-state index contributed by atoms with van der Waals surface area (Å²) in [6.07, 6.45) is 6.11. The fourth-order valence-corrected chi connectivity index (χ4v) is 4.07. The number of aromatic amines is 1. The zero-order valence-corrected chi connectivity index (χ0v) is 14.8. The number of imidazole rings is 1. The molecule has 6 heteroatoms. The van der Waals surface area contributed by atoms with Gasteiger partial charge in [-0.25, -0.2) is 4.98 Å². The minimum absolute atomic E-state index is 0.389. The van der Waals surface area contributed by atoms with Gasteiger partial charge in [-0.05, 0) is 24.3 Å². The van der Waals surface area contributed by atoms with Crippen molar-refractivity contribution in [1.29, 1.82) is 0 Å². The molecular weight excluding hydrogens is 339 g/mol. The lowest BCUT2D eigenvalue weighted by atomic mass is 9.92. The lowest BCUT2D eigenvalue weighted by Crippen LogP contribution is -2.32. The maximum atomic E-state index is 11.2. The van der Waals surface area contributed by atoms with Crippen molar-refractivity contribution in [3.05, 3.63) is 52.0 Å². The largest absolute Gasteiger partial charge is 0.384 e. The second kappa shape index (κ2) is 8.25. The molecule has 2 N–H and O–H groups in total. The molecule has 2 rings (SSSR count). The van der Waals surface area contributed by atoms with Gasteiger partial charge < -0.3 is 10.1 Å². The van der Waals surface area contributed by atoms with Gasteiger partial charge in [0.1, 0.15) is 11.4 Å². The number of rotatable bonds is 8. The number of hydrogen-bond donors (Lipinski definition) is 2. The predicted molar refractivity (Wildman–Crippen MR) is 94.9 cm³/mol. The van der Waals surface area contributed by atoms with Crippen molar-refractivity contribution in [3.63, 3.8) is 0 Å². The van der Waals surface area contributed by atoms with E-state index in [0.717, 1.165) is 24.4 Å². The van der Waals surface area contributed by atoms with Crippen LogP contribution in [0.4, 0.5) is 0 Å². The van der Waals surface area contributed by atoms with Crippen molar-refractivity contribution in [2.24, 2.45) is 0 Å². The Bertz CT molecular complexity index is 592. The first-order chi connectivity index (χ1) is 10.5. The number of aliphatic hydroxyl groups is 1. The first-order valence-electron chi connectivity index (χ1n) is 7.29. The number of unbranched alkanes of at least 4 members (excludes halogenated alkanes) is 1. The summed E-state index contributed by atoms with van der Waals surface area (Å²) in [6, 6.07) is 5.23. The van der Waals surface area contributed by atoms with E-state index in [4.69, 9.17) is 23.2 Å². The summed E-state index contributed by atoms with van der Waals surface area (Å²) in [7, 11) is 0. The number of nitrogens with one attached hydrogen (secondary N) is 1. The molecule has 0 aliphatic rings. The zero-order chi connectivity index (χ0) is 16.0. The molecule has 0 spiro atoms. The quantitative estimate of drug-likeness (QED) is 0.673. The van der Waals surface area contributed by atoms with Crippen molar-refractivity contribution < 1.29 is 5.11 Å². The van der Waals surface area contributed by atoms with Gasteiger partial charge in [0, 0.05) is 40.2 Å². The summed E-state index contributed by atoms with van der Waals surface area (Å²) in [5, 5.41) is 12.3. The van der Waals surface area contributed by atoms with Crippen LogP contribution >= 0.6 is 35.0 Å². The van der Waals surface area contributed by atoms with Gasteiger partial charge in [-0.3, -0.25) is 0 Å². The summed E-state index contributed by atoms with van der Waals surface area (Å²) in [6.45, 7) is 2.16. The number of halogens is 2. The molecule has 1 aromatic heterocycles. The molecule has 0 fully saturated rings. The Morgan fingerprint density at radius 1 is 1.36 bits per heavy atom. The molecule has 0 aliphatic carbocycles. The highest BCUT2D eigenvalue weighted by molar-refractivity contribution is 7.99. The van der Waals surface area contributed by atoms with Gasteiger partial charge in [0.15, 0.2) is 0 Å². The Morgan fingerprint density at radius 3 is 2.82 bits per heavy atom. The van der Waals surface area contributed by atoms with E-state index < -0.39 is 5.60 Å². The molecule has 2 aromatic rings. The average Bonchev–Trinajstić information content (AvgIpc) is 2.96. The van der Waals surface area contributed by atoms with E-state index in [1.54, 1.807) is 42.4 Å². The molecule has 0 unspecified atom stereocenters. The minimum Gasteiger partial charge on any atom is -0.384 e. The van der Waals surface area contributed by atoms with Crippen LogP contribution in [0.3, 0.4) is 0 Å². The number of benzene rings is 1. The molecule has 0 saturated carbocycles. The maximum Gasteiger partial charge on any atom is 0.109 e. The van der Waals surface area contributed by atoms with Gasteiger partial charge in [-0.15, -0.1) is 0 Å². The van der Waals surface area contributed by atoms with Crippen LogP contribution in [0.5, 0.6) is 0 Å². The molecular formula is C16H20Cl2N2OS. The highest BCUT2D eigenvalue weighted by atomic mass is 35.5. The summed E-state index contributed by atoms with van der Waals surface area (Å²) in [5.41, 5.74) is -0.378. The minimum atomic E-state index is -1.07. The second-order valence-corrected chi connectivity index (χ2v) is 7.22. The van der Waals surface area contributed by atoms with Gasteiger partial charge >= 0.3 is 0 Å².